The number of nitrogens with one attached hydrogen (secondary N) is 1. The first-order chi connectivity index (χ1) is 14.2. The molecule has 0 bridgehead atoms. The second kappa shape index (κ2) is 11.7. The van der Waals surface area contributed by atoms with Crippen molar-refractivity contribution in [3.63, 3.8) is 0 Å². The van der Waals surface area contributed by atoms with E-state index < -0.39 is 0 Å². The molecular weight excluding hydrogens is 388 g/mol. The lowest BCUT2D eigenvalue weighted by Crippen LogP contribution is -2.44. The molecule has 2 heterocycles. The van der Waals surface area contributed by atoms with Crippen LogP contribution in [0.5, 0.6) is 0 Å². The Labute approximate surface area is 180 Å². The molecule has 2 aliphatic rings. The fraction of sp³-hybridized carbons (Fsp3) is 0.682. The zero-order valence-electron chi connectivity index (χ0n) is 17.8. The first-order valence-corrected chi connectivity index (χ1v) is 11.1. The average molecular weight is 423 g/mol. The number of hydrogen-bond acceptors (Lipinski definition) is 4. The van der Waals surface area contributed by atoms with E-state index in [2.05, 4.69) is 32.2 Å². The van der Waals surface area contributed by atoms with Gasteiger partial charge in [0.05, 0.1) is 25.9 Å². The molecule has 0 aliphatic carbocycles. The van der Waals surface area contributed by atoms with Gasteiger partial charge in [-0.15, -0.1) is 0 Å². The Balaban J connectivity index is 1.55. The second-order valence-corrected chi connectivity index (χ2v) is 8.35. The Bertz CT molecular complexity index is 651. The molecule has 29 heavy (non-hydrogen) atoms. The third-order valence-corrected chi connectivity index (χ3v) is 6.09. The number of guanidine groups is 1. The highest BCUT2D eigenvalue weighted by atomic mass is 35.5. The van der Waals surface area contributed by atoms with Crippen LogP contribution in [0, 0.1) is 5.92 Å². The minimum absolute atomic E-state index is 0.309. The Morgan fingerprint density at radius 3 is 2.83 bits per heavy atom. The largest absolute Gasteiger partial charge is 0.382 e. The summed E-state index contributed by atoms with van der Waals surface area (Å²) in [6.45, 7) is 7.22. The summed E-state index contributed by atoms with van der Waals surface area (Å²) in [7, 11) is 3.57. The van der Waals surface area contributed by atoms with Crippen LogP contribution in [0.2, 0.25) is 5.02 Å². The van der Waals surface area contributed by atoms with Gasteiger partial charge in [-0.3, -0.25) is 9.89 Å². The second-order valence-electron chi connectivity index (χ2n) is 7.91. The van der Waals surface area contributed by atoms with E-state index >= 15 is 0 Å². The van der Waals surface area contributed by atoms with Crippen molar-refractivity contribution in [2.24, 2.45) is 10.9 Å². The van der Waals surface area contributed by atoms with Crippen molar-refractivity contribution in [1.82, 2.24) is 15.1 Å². The van der Waals surface area contributed by atoms with E-state index in [0.717, 1.165) is 56.7 Å². The molecule has 2 fully saturated rings. The lowest BCUT2D eigenvalue weighted by molar-refractivity contribution is 0.0536. The fourth-order valence-corrected chi connectivity index (χ4v) is 4.50. The Morgan fingerprint density at radius 2 is 2.10 bits per heavy atom. The van der Waals surface area contributed by atoms with Gasteiger partial charge in [0.1, 0.15) is 0 Å². The van der Waals surface area contributed by atoms with Crippen molar-refractivity contribution >= 4 is 17.6 Å². The van der Waals surface area contributed by atoms with Gasteiger partial charge in [-0.25, -0.2) is 0 Å². The summed E-state index contributed by atoms with van der Waals surface area (Å²) >= 11 is 6.28. The highest BCUT2D eigenvalue weighted by Gasteiger charge is 2.27. The van der Waals surface area contributed by atoms with Crippen LogP contribution in [0.4, 0.5) is 0 Å². The number of halogens is 1. The van der Waals surface area contributed by atoms with Crippen LogP contribution < -0.4 is 5.32 Å². The SMILES string of the molecule is CN=C(NCC(c1cccc(Cl)c1)N1CCCC1)N1CCC(COCCOC)C1. The summed E-state index contributed by atoms with van der Waals surface area (Å²) in [4.78, 5) is 9.46. The zero-order chi connectivity index (χ0) is 20.5. The molecule has 1 aromatic carbocycles. The summed E-state index contributed by atoms with van der Waals surface area (Å²) in [5.74, 6) is 1.53. The maximum atomic E-state index is 6.28. The molecule has 2 unspecified atom stereocenters. The molecule has 2 atom stereocenters. The molecule has 7 heteroatoms. The average Bonchev–Trinajstić information content (AvgIpc) is 3.41. The normalized spacial score (nSPS) is 21.7. The maximum Gasteiger partial charge on any atom is 0.193 e. The minimum atomic E-state index is 0.309. The van der Waals surface area contributed by atoms with Crippen LogP contribution in [0.25, 0.3) is 0 Å². The minimum Gasteiger partial charge on any atom is -0.382 e. The van der Waals surface area contributed by atoms with Crippen molar-refractivity contribution in [2.75, 3.05) is 66.7 Å². The third kappa shape index (κ3) is 6.57. The van der Waals surface area contributed by atoms with Crippen LogP contribution >= 0.6 is 11.6 Å². The van der Waals surface area contributed by atoms with E-state index in [1.165, 1.54) is 18.4 Å². The first-order valence-electron chi connectivity index (χ1n) is 10.7. The smallest absolute Gasteiger partial charge is 0.193 e. The number of hydrogen-bond donors (Lipinski definition) is 1. The summed E-state index contributed by atoms with van der Waals surface area (Å²) in [5.41, 5.74) is 1.27. The van der Waals surface area contributed by atoms with Crippen LogP contribution in [-0.2, 0) is 9.47 Å². The number of ether oxygens (including phenoxy) is 2. The van der Waals surface area contributed by atoms with Gasteiger partial charge in [0, 0.05) is 44.7 Å². The van der Waals surface area contributed by atoms with Crippen molar-refractivity contribution in [1.29, 1.82) is 0 Å². The summed E-state index contributed by atoms with van der Waals surface area (Å²) < 4.78 is 10.8. The lowest BCUT2D eigenvalue weighted by atomic mass is 10.1. The van der Waals surface area contributed by atoms with Gasteiger partial charge in [0.2, 0.25) is 0 Å². The van der Waals surface area contributed by atoms with Crippen molar-refractivity contribution in [2.45, 2.75) is 25.3 Å². The number of nitrogens with zero attached hydrogens (tertiary/aromatic N) is 3. The molecule has 2 saturated heterocycles. The lowest BCUT2D eigenvalue weighted by Gasteiger charge is -2.30. The van der Waals surface area contributed by atoms with Gasteiger partial charge >= 0.3 is 0 Å². The van der Waals surface area contributed by atoms with E-state index in [4.69, 9.17) is 21.1 Å². The Hall–Kier alpha value is -1.34. The highest BCUT2D eigenvalue weighted by Crippen LogP contribution is 2.26. The van der Waals surface area contributed by atoms with Gasteiger partial charge in [0.15, 0.2) is 5.96 Å². The van der Waals surface area contributed by atoms with Gasteiger partial charge in [-0.1, -0.05) is 23.7 Å². The molecule has 2 aliphatic heterocycles. The fourth-order valence-electron chi connectivity index (χ4n) is 4.30. The molecule has 162 valence electrons. The molecule has 0 spiro atoms. The molecule has 1 aromatic rings. The Kier molecular flexibility index (Phi) is 9.05. The van der Waals surface area contributed by atoms with Crippen LogP contribution in [0.1, 0.15) is 30.9 Å². The van der Waals surface area contributed by atoms with Gasteiger partial charge in [-0.05, 0) is 50.0 Å². The third-order valence-electron chi connectivity index (χ3n) is 5.85. The number of methoxy groups -OCH3 is 1. The summed E-state index contributed by atoms with van der Waals surface area (Å²) in [6.07, 6.45) is 3.67. The number of likely N-dealkylation sites (tertiary alicyclic amines) is 2. The maximum absolute atomic E-state index is 6.28. The van der Waals surface area contributed by atoms with E-state index in [-0.39, 0.29) is 0 Å². The predicted molar refractivity (Wildman–Crippen MR) is 119 cm³/mol. The van der Waals surface area contributed by atoms with Gasteiger partial charge in [-0.2, -0.15) is 0 Å². The summed E-state index contributed by atoms with van der Waals surface area (Å²) in [6, 6.07) is 8.58. The van der Waals surface area contributed by atoms with E-state index in [0.29, 0.717) is 25.2 Å². The van der Waals surface area contributed by atoms with Crippen molar-refractivity contribution < 1.29 is 9.47 Å². The van der Waals surface area contributed by atoms with Crippen LogP contribution in [0.15, 0.2) is 29.3 Å². The molecular formula is C22H35ClN4O2. The number of rotatable bonds is 9. The molecule has 0 saturated carbocycles. The van der Waals surface area contributed by atoms with E-state index in [9.17, 15) is 0 Å². The highest BCUT2D eigenvalue weighted by molar-refractivity contribution is 6.30. The van der Waals surface area contributed by atoms with Crippen molar-refractivity contribution in [3.05, 3.63) is 34.9 Å². The quantitative estimate of drug-likeness (QED) is 0.376. The number of aliphatic imine (C=N–C) groups is 1. The molecule has 1 N–H and O–H groups in total. The van der Waals surface area contributed by atoms with E-state index in [1.807, 2.05) is 19.2 Å². The summed E-state index contributed by atoms with van der Waals surface area (Å²) in [5, 5.41) is 4.43. The predicted octanol–water partition coefficient (Wildman–Crippen LogP) is 3.04. The molecule has 0 radical (unpaired) electrons. The van der Waals surface area contributed by atoms with Crippen LogP contribution in [0.3, 0.4) is 0 Å². The standard InChI is InChI=1S/C22H35ClN4O2/c1-24-22(27-11-8-18(16-27)17-29-13-12-28-2)25-15-21(26-9-3-4-10-26)19-6-5-7-20(23)14-19/h5-7,14,18,21H,3-4,8-13,15-17H2,1-2H3,(H,24,25). The monoisotopic (exact) mass is 422 g/mol. The molecule has 0 amide bonds. The van der Waals surface area contributed by atoms with Crippen molar-refractivity contribution in [3.8, 4) is 0 Å². The molecule has 6 nitrogen and oxygen atoms in total. The Morgan fingerprint density at radius 1 is 1.28 bits per heavy atom. The zero-order valence-corrected chi connectivity index (χ0v) is 18.5. The number of benzene rings is 1. The van der Waals surface area contributed by atoms with Crippen LogP contribution in [-0.4, -0.2) is 82.5 Å². The first kappa shape index (κ1) is 22.3. The molecule has 3 rings (SSSR count). The van der Waals surface area contributed by atoms with Gasteiger partial charge < -0.3 is 19.7 Å². The molecule has 0 aromatic heterocycles. The topological polar surface area (TPSA) is 49.3 Å². The van der Waals surface area contributed by atoms with E-state index in [1.54, 1.807) is 7.11 Å². The van der Waals surface area contributed by atoms with Gasteiger partial charge in [0.25, 0.3) is 0 Å².